The Hall–Kier alpha value is -2.40. The third-order valence-electron chi connectivity index (χ3n) is 4.01. The van der Waals surface area contributed by atoms with E-state index in [4.69, 9.17) is 5.26 Å². The predicted octanol–water partition coefficient (Wildman–Crippen LogP) is 0.0363. The van der Waals surface area contributed by atoms with E-state index in [0.717, 1.165) is 6.54 Å². The van der Waals surface area contributed by atoms with E-state index in [1.165, 1.54) is 16.2 Å². The molecule has 1 N–H and O–H groups in total. The zero-order valence-corrected chi connectivity index (χ0v) is 12.5. The van der Waals surface area contributed by atoms with Crippen LogP contribution in [0.5, 0.6) is 0 Å². The summed E-state index contributed by atoms with van der Waals surface area (Å²) in [5.74, 6) is -0.794. The summed E-state index contributed by atoms with van der Waals surface area (Å²) >= 11 is 0. The summed E-state index contributed by atoms with van der Waals surface area (Å²) in [5.41, 5.74) is 0.418. The lowest BCUT2D eigenvalue weighted by atomic mass is 10.2. The van der Waals surface area contributed by atoms with Gasteiger partial charge in [-0.05, 0) is 6.92 Å². The summed E-state index contributed by atoms with van der Waals surface area (Å²) in [6, 6.07) is 2.07. The highest BCUT2D eigenvalue weighted by Crippen LogP contribution is 2.25. The Bertz CT molecular complexity index is 817. The number of rotatable bonds is 2. The lowest BCUT2D eigenvalue weighted by molar-refractivity contribution is 0.481. The van der Waals surface area contributed by atoms with Gasteiger partial charge in [-0.3, -0.25) is 4.79 Å². The molecule has 3 heterocycles. The molecule has 2 aromatic rings. The number of halogens is 1. The van der Waals surface area contributed by atoms with Crippen molar-refractivity contribution in [1.29, 1.82) is 5.26 Å². The molecule has 0 spiro atoms. The largest absolute Gasteiger partial charge is 0.361 e. The molecule has 116 valence electrons. The minimum absolute atomic E-state index is 0.0512. The molecular weight excluding hydrogens is 287 g/mol. The average molecular weight is 304 g/mol. The van der Waals surface area contributed by atoms with Gasteiger partial charge in [0.1, 0.15) is 5.69 Å². The third kappa shape index (κ3) is 2.14. The number of piperazine rings is 1. The molecule has 1 unspecified atom stereocenters. The summed E-state index contributed by atoms with van der Waals surface area (Å²) < 4.78 is 17.3. The van der Waals surface area contributed by atoms with Gasteiger partial charge in [-0.1, -0.05) is 0 Å². The van der Waals surface area contributed by atoms with Gasteiger partial charge in [0.25, 0.3) is 0 Å². The summed E-state index contributed by atoms with van der Waals surface area (Å²) in [6.07, 6.45) is 1.73. The molecule has 1 saturated heterocycles. The Morgan fingerprint density at radius 3 is 3.05 bits per heavy atom. The molecule has 0 saturated carbocycles. The smallest absolute Gasteiger partial charge is 0.303 e. The van der Waals surface area contributed by atoms with Crippen LogP contribution in [0.15, 0.2) is 11.0 Å². The Kier molecular flexibility index (Phi) is 3.58. The third-order valence-corrected chi connectivity index (χ3v) is 4.01. The highest BCUT2D eigenvalue weighted by Gasteiger charge is 2.27. The van der Waals surface area contributed by atoms with Crippen molar-refractivity contribution in [2.45, 2.75) is 19.4 Å². The van der Waals surface area contributed by atoms with E-state index < -0.39 is 11.4 Å². The minimum Gasteiger partial charge on any atom is -0.361 e. The van der Waals surface area contributed by atoms with Gasteiger partial charge in [-0.15, -0.1) is 0 Å². The molecule has 8 heteroatoms. The second-order valence-corrected chi connectivity index (χ2v) is 5.47. The van der Waals surface area contributed by atoms with Crippen molar-refractivity contribution >= 4 is 11.3 Å². The van der Waals surface area contributed by atoms with Crippen LogP contribution in [-0.2, 0) is 13.5 Å². The lowest BCUT2D eigenvalue weighted by Crippen LogP contribution is -2.51. The first kappa shape index (κ1) is 14.5. The molecule has 0 amide bonds. The van der Waals surface area contributed by atoms with Gasteiger partial charge < -0.3 is 10.2 Å². The standard InChI is InChI=1S/C14H17FN6O/c1-9-7-17-5-6-20(9)12-11(15)14(22)19(2)21-8-10(3-4-16)18-13(12)21/h8-9,17H,3,5-7H2,1-2H3. The molecule has 0 radical (unpaired) electrons. The average Bonchev–Trinajstić information content (AvgIpc) is 2.91. The Balaban J connectivity index is 2.28. The van der Waals surface area contributed by atoms with Crippen molar-refractivity contribution < 1.29 is 4.39 Å². The van der Waals surface area contributed by atoms with Crippen molar-refractivity contribution in [2.75, 3.05) is 24.5 Å². The number of nitrogens with zero attached hydrogens (tertiary/aromatic N) is 5. The molecule has 1 atom stereocenters. The fourth-order valence-corrected chi connectivity index (χ4v) is 2.84. The number of nitriles is 1. The molecule has 1 fully saturated rings. The first-order valence-electron chi connectivity index (χ1n) is 7.15. The molecule has 22 heavy (non-hydrogen) atoms. The second kappa shape index (κ2) is 5.42. The number of imidazole rings is 1. The number of aromatic nitrogens is 3. The predicted molar refractivity (Wildman–Crippen MR) is 79.4 cm³/mol. The van der Waals surface area contributed by atoms with E-state index in [9.17, 15) is 9.18 Å². The maximum atomic E-state index is 14.6. The van der Waals surface area contributed by atoms with Gasteiger partial charge in [-0.2, -0.15) is 9.65 Å². The van der Waals surface area contributed by atoms with E-state index in [1.54, 1.807) is 6.20 Å². The molecule has 0 bridgehead atoms. The summed E-state index contributed by atoms with van der Waals surface area (Å²) in [5, 5.41) is 12.1. The molecule has 1 aliphatic heterocycles. The Morgan fingerprint density at radius 2 is 2.36 bits per heavy atom. The van der Waals surface area contributed by atoms with Gasteiger partial charge >= 0.3 is 5.56 Å². The van der Waals surface area contributed by atoms with Gasteiger partial charge in [-0.25, -0.2) is 14.2 Å². The molecular formula is C14H17FN6O. The van der Waals surface area contributed by atoms with Crippen LogP contribution in [0.25, 0.3) is 5.65 Å². The van der Waals surface area contributed by atoms with Crippen molar-refractivity contribution in [1.82, 2.24) is 19.5 Å². The zero-order chi connectivity index (χ0) is 15.9. The van der Waals surface area contributed by atoms with Gasteiger partial charge in [0.05, 0.1) is 24.4 Å². The van der Waals surface area contributed by atoms with Crippen molar-refractivity contribution in [2.24, 2.45) is 7.05 Å². The first-order valence-corrected chi connectivity index (χ1v) is 7.15. The van der Waals surface area contributed by atoms with Crippen LogP contribution in [0.1, 0.15) is 12.6 Å². The van der Waals surface area contributed by atoms with Gasteiger partial charge in [0.15, 0.2) is 5.65 Å². The highest BCUT2D eigenvalue weighted by molar-refractivity contribution is 5.70. The first-order chi connectivity index (χ1) is 10.5. The number of anilines is 1. The van der Waals surface area contributed by atoms with E-state index >= 15 is 0 Å². The summed E-state index contributed by atoms with van der Waals surface area (Å²) in [7, 11) is 1.49. The maximum absolute atomic E-state index is 14.6. The normalized spacial score (nSPS) is 18.6. The van der Waals surface area contributed by atoms with Gasteiger partial charge in [0, 0.05) is 32.7 Å². The zero-order valence-electron chi connectivity index (χ0n) is 12.5. The van der Waals surface area contributed by atoms with Crippen molar-refractivity contribution in [3.63, 3.8) is 0 Å². The topological polar surface area (TPSA) is 78.4 Å². The fourth-order valence-electron chi connectivity index (χ4n) is 2.84. The van der Waals surface area contributed by atoms with Crippen LogP contribution in [0.4, 0.5) is 10.1 Å². The van der Waals surface area contributed by atoms with Crippen LogP contribution in [0.3, 0.4) is 0 Å². The van der Waals surface area contributed by atoms with E-state index in [2.05, 4.69) is 10.3 Å². The van der Waals surface area contributed by atoms with E-state index in [-0.39, 0.29) is 18.2 Å². The second-order valence-electron chi connectivity index (χ2n) is 5.47. The van der Waals surface area contributed by atoms with E-state index in [0.29, 0.717) is 24.4 Å². The van der Waals surface area contributed by atoms with Crippen molar-refractivity contribution in [3.05, 3.63) is 28.1 Å². The van der Waals surface area contributed by atoms with E-state index in [1.807, 2.05) is 17.9 Å². The molecule has 0 aliphatic carbocycles. The molecule has 1 aliphatic rings. The number of nitrogens with one attached hydrogen (secondary N) is 1. The monoisotopic (exact) mass is 304 g/mol. The number of aryl methyl sites for hydroxylation is 1. The quantitative estimate of drug-likeness (QED) is 0.847. The highest BCUT2D eigenvalue weighted by atomic mass is 19.1. The Labute approximate surface area is 126 Å². The number of hydrogen-bond donors (Lipinski definition) is 1. The van der Waals surface area contributed by atoms with Crippen LogP contribution < -0.4 is 15.8 Å². The van der Waals surface area contributed by atoms with Crippen LogP contribution in [0, 0.1) is 17.1 Å². The number of hydrogen-bond acceptors (Lipinski definition) is 5. The van der Waals surface area contributed by atoms with Gasteiger partial charge in [0.2, 0.25) is 5.82 Å². The summed E-state index contributed by atoms with van der Waals surface area (Å²) in [6.45, 7) is 4.00. The minimum atomic E-state index is -0.794. The Morgan fingerprint density at radius 1 is 1.59 bits per heavy atom. The lowest BCUT2D eigenvalue weighted by Gasteiger charge is -2.36. The fraction of sp³-hybridized carbons (Fsp3) is 0.500. The SMILES string of the molecule is CC1CNCCN1c1c(F)c(=O)n(C)n2cc(CC#N)nc12. The molecule has 0 aromatic carbocycles. The van der Waals surface area contributed by atoms with Crippen LogP contribution >= 0.6 is 0 Å². The molecule has 2 aromatic heterocycles. The van der Waals surface area contributed by atoms with Crippen LogP contribution in [0.2, 0.25) is 0 Å². The molecule has 3 rings (SSSR count). The maximum Gasteiger partial charge on any atom is 0.303 e. The number of fused-ring (bicyclic) bond motifs is 1. The van der Waals surface area contributed by atoms with Crippen molar-refractivity contribution in [3.8, 4) is 6.07 Å². The molecule has 7 nitrogen and oxygen atoms in total. The van der Waals surface area contributed by atoms with Crippen LogP contribution in [-0.4, -0.2) is 39.9 Å². The summed E-state index contributed by atoms with van der Waals surface area (Å²) in [4.78, 5) is 18.4.